The van der Waals surface area contributed by atoms with Gasteiger partial charge < -0.3 is 5.32 Å². The minimum absolute atomic E-state index is 0.00763. The SMILES string of the molecule is CC(=O)c1sc(NC(=O)C2(C)CC3c4ccccc4C2c2ccccc23)nc1C. The van der Waals surface area contributed by atoms with E-state index in [0.717, 1.165) is 6.42 Å². The summed E-state index contributed by atoms with van der Waals surface area (Å²) in [6.45, 7) is 5.40. The minimum atomic E-state index is -0.580. The van der Waals surface area contributed by atoms with Crippen LogP contribution in [0.25, 0.3) is 0 Å². The van der Waals surface area contributed by atoms with Gasteiger partial charge in [0.15, 0.2) is 10.9 Å². The Morgan fingerprint density at radius 3 is 2.10 bits per heavy atom. The highest BCUT2D eigenvalue weighted by Gasteiger charge is 2.53. The monoisotopic (exact) mass is 402 g/mol. The van der Waals surface area contributed by atoms with Crippen molar-refractivity contribution in [1.29, 1.82) is 0 Å². The maximum Gasteiger partial charge on any atom is 0.233 e. The van der Waals surface area contributed by atoms with E-state index < -0.39 is 5.41 Å². The Labute approximate surface area is 174 Å². The van der Waals surface area contributed by atoms with Crippen LogP contribution >= 0.6 is 11.3 Å². The Morgan fingerprint density at radius 2 is 1.59 bits per heavy atom. The maximum atomic E-state index is 13.6. The molecule has 0 radical (unpaired) electrons. The molecule has 2 aromatic carbocycles. The van der Waals surface area contributed by atoms with Crippen molar-refractivity contribution in [1.82, 2.24) is 4.98 Å². The molecule has 1 N–H and O–H groups in total. The summed E-state index contributed by atoms with van der Waals surface area (Å²) in [5.41, 5.74) is 5.27. The number of nitrogens with one attached hydrogen (secondary N) is 1. The lowest BCUT2D eigenvalue weighted by atomic mass is 9.52. The molecule has 3 aromatic rings. The van der Waals surface area contributed by atoms with E-state index in [9.17, 15) is 9.59 Å². The van der Waals surface area contributed by atoms with Gasteiger partial charge in [0, 0.05) is 18.8 Å². The first kappa shape index (κ1) is 18.3. The number of amides is 1. The minimum Gasteiger partial charge on any atom is -0.301 e. The molecule has 2 bridgehead atoms. The Hall–Kier alpha value is -2.79. The van der Waals surface area contributed by atoms with Crippen LogP contribution in [0.4, 0.5) is 5.13 Å². The van der Waals surface area contributed by atoms with E-state index in [2.05, 4.69) is 65.8 Å². The molecule has 6 rings (SSSR count). The van der Waals surface area contributed by atoms with Gasteiger partial charge in [-0.15, -0.1) is 0 Å². The van der Waals surface area contributed by atoms with E-state index in [4.69, 9.17) is 0 Å². The molecule has 5 heteroatoms. The van der Waals surface area contributed by atoms with Gasteiger partial charge in [0.05, 0.1) is 16.0 Å². The molecule has 146 valence electrons. The highest BCUT2D eigenvalue weighted by molar-refractivity contribution is 7.17. The van der Waals surface area contributed by atoms with Crippen molar-refractivity contribution in [3.05, 3.63) is 81.4 Å². The molecule has 0 spiro atoms. The van der Waals surface area contributed by atoms with E-state index in [1.54, 1.807) is 6.92 Å². The van der Waals surface area contributed by atoms with Gasteiger partial charge in [-0.2, -0.15) is 0 Å². The number of thiazole rings is 1. The van der Waals surface area contributed by atoms with Crippen LogP contribution in [0, 0.1) is 12.3 Å². The number of Topliss-reactive ketones (excluding diaryl/α,β-unsaturated/α-hetero) is 1. The standard InChI is InChI=1S/C24H22N2O2S/c1-13-21(14(2)27)29-23(25-13)26-22(28)24(3)12-19-15-8-4-6-10-17(15)20(24)18-11-7-5-9-16(18)19/h4-11,19-20H,12H2,1-3H3,(H,25,26,28). The van der Waals surface area contributed by atoms with E-state index in [0.29, 0.717) is 15.7 Å². The first-order valence-corrected chi connectivity index (χ1v) is 10.7. The summed E-state index contributed by atoms with van der Waals surface area (Å²) in [6, 6.07) is 17.0. The molecule has 1 unspecified atom stereocenters. The Balaban J connectivity index is 1.57. The van der Waals surface area contributed by atoms with E-state index in [1.807, 2.05) is 0 Å². The van der Waals surface area contributed by atoms with Crippen molar-refractivity contribution in [2.24, 2.45) is 5.41 Å². The number of aromatic nitrogens is 1. The summed E-state index contributed by atoms with van der Waals surface area (Å²) in [5, 5.41) is 3.53. The predicted octanol–water partition coefficient (Wildman–Crippen LogP) is 5.28. The van der Waals surface area contributed by atoms with Crippen molar-refractivity contribution < 1.29 is 9.59 Å². The molecular weight excluding hydrogens is 380 g/mol. The average molecular weight is 403 g/mol. The zero-order chi connectivity index (χ0) is 20.3. The number of carbonyl (C=O) groups excluding carboxylic acids is 2. The summed E-state index contributed by atoms with van der Waals surface area (Å²) in [6.07, 6.45) is 0.765. The van der Waals surface area contributed by atoms with Crippen LogP contribution in [-0.2, 0) is 4.79 Å². The van der Waals surface area contributed by atoms with E-state index in [-0.39, 0.29) is 23.5 Å². The molecule has 0 fully saturated rings. The summed E-state index contributed by atoms with van der Waals surface area (Å²) in [4.78, 5) is 30.3. The number of hydrogen-bond donors (Lipinski definition) is 1. The van der Waals surface area contributed by atoms with Gasteiger partial charge in [0.1, 0.15) is 0 Å². The predicted molar refractivity (Wildman–Crippen MR) is 115 cm³/mol. The lowest BCUT2D eigenvalue weighted by Gasteiger charge is -2.50. The number of hydrogen-bond acceptors (Lipinski definition) is 4. The molecule has 4 nitrogen and oxygen atoms in total. The lowest BCUT2D eigenvalue weighted by Crippen LogP contribution is -2.47. The Bertz CT molecular complexity index is 1120. The smallest absolute Gasteiger partial charge is 0.233 e. The van der Waals surface area contributed by atoms with Crippen LogP contribution in [0.15, 0.2) is 48.5 Å². The largest absolute Gasteiger partial charge is 0.301 e. The number of carbonyl (C=O) groups is 2. The third-order valence-corrected chi connectivity index (χ3v) is 7.66. The molecule has 3 aliphatic carbocycles. The Morgan fingerprint density at radius 1 is 1.03 bits per heavy atom. The van der Waals surface area contributed by atoms with Crippen molar-refractivity contribution in [2.75, 3.05) is 5.32 Å². The van der Waals surface area contributed by atoms with Gasteiger partial charge in [-0.05, 0) is 42.5 Å². The van der Waals surface area contributed by atoms with Gasteiger partial charge in [-0.1, -0.05) is 59.9 Å². The number of anilines is 1. The molecule has 1 aromatic heterocycles. The molecule has 0 aliphatic heterocycles. The fourth-order valence-electron chi connectivity index (χ4n) is 5.21. The van der Waals surface area contributed by atoms with Gasteiger partial charge in [-0.25, -0.2) is 4.98 Å². The number of ketones is 1. The Kier molecular flexibility index (Phi) is 4.00. The quantitative estimate of drug-likeness (QED) is 0.606. The first-order valence-electron chi connectivity index (χ1n) is 9.87. The molecule has 3 aliphatic rings. The summed E-state index contributed by atoms with van der Waals surface area (Å²) in [5.74, 6) is 0.175. The number of nitrogens with zero attached hydrogens (tertiary/aromatic N) is 1. The third kappa shape index (κ3) is 2.60. The van der Waals surface area contributed by atoms with Crippen LogP contribution in [0.5, 0.6) is 0 Å². The molecular formula is C24H22N2O2S. The summed E-state index contributed by atoms with van der Waals surface area (Å²) < 4.78 is 0. The number of benzene rings is 2. The third-order valence-electron chi connectivity index (χ3n) is 6.49. The average Bonchev–Trinajstić information content (AvgIpc) is 3.08. The van der Waals surface area contributed by atoms with Crippen LogP contribution in [0.2, 0.25) is 0 Å². The van der Waals surface area contributed by atoms with E-state index in [1.165, 1.54) is 40.5 Å². The molecule has 1 atom stereocenters. The second-order valence-corrected chi connectivity index (χ2v) is 9.31. The second-order valence-electron chi connectivity index (χ2n) is 8.31. The van der Waals surface area contributed by atoms with Crippen LogP contribution in [0.1, 0.15) is 69.7 Å². The van der Waals surface area contributed by atoms with Crippen LogP contribution in [-0.4, -0.2) is 16.7 Å². The number of rotatable bonds is 3. The van der Waals surface area contributed by atoms with Crippen LogP contribution in [0.3, 0.4) is 0 Å². The first-order chi connectivity index (χ1) is 13.9. The highest BCUT2D eigenvalue weighted by Crippen LogP contribution is 2.61. The number of aryl methyl sites for hydroxylation is 1. The lowest BCUT2D eigenvalue weighted by molar-refractivity contribution is -0.126. The fraction of sp³-hybridized carbons (Fsp3) is 0.292. The van der Waals surface area contributed by atoms with Gasteiger partial charge >= 0.3 is 0 Å². The van der Waals surface area contributed by atoms with E-state index >= 15 is 0 Å². The second kappa shape index (κ2) is 6.36. The molecule has 0 saturated carbocycles. The topological polar surface area (TPSA) is 59.1 Å². The van der Waals surface area contributed by atoms with Crippen molar-refractivity contribution >= 4 is 28.2 Å². The van der Waals surface area contributed by atoms with Gasteiger partial charge in [0.25, 0.3) is 0 Å². The molecule has 1 amide bonds. The summed E-state index contributed by atoms with van der Waals surface area (Å²) in [7, 11) is 0. The van der Waals surface area contributed by atoms with Gasteiger partial charge in [-0.3, -0.25) is 9.59 Å². The van der Waals surface area contributed by atoms with Crippen molar-refractivity contribution in [2.45, 2.75) is 39.0 Å². The molecule has 29 heavy (non-hydrogen) atoms. The normalized spacial score (nSPS) is 24.0. The molecule has 0 saturated heterocycles. The highest BCUT2D eigenvalue weighted by atomic mass is 32.1. The molecule has 1 heterocycles. The zero-order valence-electron chi connectivity index (χ0n) is 16.7. The van der Waals surface area contributed by atoms with Crippen molar-refractivity contribution in [3.8, 4) is 0 Å². The summed E-state index contributed by atoms with van der Waals surface area (Å²) >= 11 is 1.26. The number of fused-ring (bicyclic) bond motifs is 1. The fourth-order valence-corrected chi connectivity index (χ4v) is 6.06. The zero-order valence-corrected chi connectivity index (χ0v) is 17.5. The maximum absolute atomic E-state index is 13.6. The van der Waals surface area contributed by atoms with Crippen molar-refractivity contribution in [3.63, 3.8) is 0 Å². The van der Waals surface area contributed by atoms with Gasteiger partial charge in [0.2, 0.25) is 5.91 Å². The van der Waals surface area contributed by atoms with Crippen LogP contribution < -0.4 is 5.32 Å².